The van der Waals surface area contributed by atoms with E-state index in [4.69, 9.17) is 0 Å². The van der Waals surface area contributed by atoms with Gasteiger partial charge in [-0.25, -0.2) is 10.0 Å². The van der Waals surface area contributed by atoms with Crippen molar-refractivity contribution in [3.05, 3.63) is 0 Å². The minimum absolute atomic E-state index is 0.440. The Morgan fingerprint density at radius 3 is 2.14 bits per heavy atom. The summed E-state index contributed by atoms with van der Waals surface area (Å²) in [6, 6.07) is 0. The number of hydrogen-bond donors (Lipinski definition) is 2. The second-order valence-electron chi connectivity index (χ2n) is 8.40. The molecule has 0 radical (unpaired) electrons. The Hall–Kier alpha value is -0.160. The van der Waals surface area contributed by atoms with Crippen molar-refractivity contribution in [1.29, 1.82) is 0 Å². The molecular weight excluding hydrogens is 272 g/mol. The lowest BCUT2D eigenvalue weighted by Gasteiger charge is -2.53. The molecule has 126 valence electrons. The van der Waals surface area contributed by atoms with E-state index in [1.54, 1.807) is 0 Å². The fourth-order valence-corrected chi connectivity index (χ4v) is 5.52. The summed E-state index contributed by atoms with van der Waals surface area (Å²) in [6.45, 7) is 8.89. The van der Waals surface area contributed by atoms with Gasteiger partial charge in [-0.15, -0.1) is 0 Å². The van der Waals surface area contributed by atoms with Gasteiger partial charge in [-0.1, -0.05) is 6.42 Å². The van der Waals surface area contributed by atoms with Gasteiger partial charge >= 0.3 is 0 Å². The lowest BCUT2D eigenvalue weighted by Crippen LogP contribution is -2.64. The van der Waals surface area contributed by atoms with Crippen LogP contribution in [-0.4, -0.2) is 61.4 Å². The van der Waals surface area contributed by atoms with Gasteiger partial charge in [-0.05, 0) is 76.4 Å². The Balaban J connectivity index is 1.42. The van der Waals surface area contributed by atoms with Crippen LogP contribution >= 0.6 is 0 Å². The predicted octanol–water partition coefficient (Wildman–Crippen LogP) is 1.98. The van der Waals surface area contributed by atoms with Crippen LogP contribution < -0.4 is 10.6 Å². The summed E-state index contributed by atoms with van der Waals surface area (Å²) in [4.78, 5) is 0. The van der Waals surface area contributed by atoms with Gasteiger partial charge in [0.2, 0.25) is 0 Å². The number of nitrogens with one attached hydrogen (secondary N) is 2. The summed E-state index contributed by atoms with van der Waals surface area (Å²) in [6.07, 6.45) is 12.6. The molecule has 0 saturated carbocycles. The first-order chi connectivity index (χ1) is 10.8. The molecule has 4 aliphatic rings. The van der Waals surface area contributed by atoms with Crippen molar-refractivity contribution in [2.45, 2.75) is 63.3 Å². The Labute approximate surface area is 136 Å². The van der Waals surface area contributed by atoms with Crippen LogP contribution in [0.1, 0.15) is 57.8 Å². The van der Waals surface area contributed by atoms with Gasteiger partial charge in [0, 0.05) is 31.7 Å². The average Bonchev–Trinajstić information content (AvgIpc) is 2.56. The summed E-state index contributed by atoms with van der Waals surface area (Å²) >= 11 is 0. The minimum atomic E-state index is 0.440. The van der Waals surface area contributed by atoms with Crippen molar-refractivity contribution < 1.29 is 0 Å². The quantitative estimate of drug-likeness (QED) is 0.775. The average molecular weight is 306 g/mol. The Bertz CT molecular complexity index is 324. The van der Waals surface area contributed by atoms with E-state index in [9.17, 15) is 0 Å². The van der Waals surface area contributed by atoms with Crippen LogP contribution in [0.25, 0.3) is 0 Å². The van der Waals surface area contributed by atoms with E-state index in [1.807, 2.05) is 0 Å². The summed E-state index contributed by atoms with van der Waals surface area (Å²) < 4.78 is 0. The fraction of sp³-hybridized carbons (Fsp3) is 1.00. The lowest BCUT2D eigenvalue weighted by molar-refractivity contribution is -0.117. The zero-order chi connectivity index (χ0) is 14.9. The van der Waals surface area contributed by atoms with Crippen LogP contribution in [0, 0.1) is 5.41 Å². The molecule has 0 aromatic carbocycles. The standard InChI is InChI=1S/C18H34N4/c1-2-10-20-18(6-1)7-4-14-22(16-18)21-13-3-5-17(15-21)8-11-19-12-9-17/h19-20H,1-16H2. The lowest BCUT2D eigenvalue weighted by atomic mass is 9.73. The molecule has 0 aromatic rings. The Morgan fingerprint density at radius 1 is 0.636 bits per heavy atom. The third-order valence-electron chi connectivity index (χ3n) is 6.84. The van der Waals surface area contributed by atoms with Crippen molar-refractivity contribution >= 4 is 0 Å². The molecule has 4 rings (SSSR count). The largest absolute Gasteiger partial charge is 0.317 e. The highest BCUT2D eigenvalue weighted by Crippen LogP contribution is 2.39. The van der Waals surface area contributed by atoms with Crippen molar-refractivity contribution in [2.24, 2.45) is 5.41 Å². The van der Waals surface area contributed by atoms with Crippen LogP contribution in [0.3, 0.4) is 0 Å². The first kappa shape index (κ1) is 15.4. The molecule has 4 fully saturated rings. The fourth-order valence-electron chi connectivity index (χ4n) is 5.52. The molecule has 1 atom stereocenters. The van der Waals surface area contributed by atoms with Gasteiger partial charge in [0.15, 0.2) is 0 Å². The van der Waals surface area contributed by atoms with Gasteiger partial charge in [0.05, 0.1) is 0 Å². The van der Waals surface area contributed by atoms with Gasteiger partial charge in [-0.2, -0.15) is 0 Å². The predicted molar refractivity (Wildman–Crippen MR) is 90.7 cm³/mol. The van der Waals surface area contributed by atoms with E-state index in [0.717, 1.165) is 0 Å². The highest BCUT2D eigenvalue weighted by atomic mass is 15.6. The summed E-state index contributed by atoms with van der Waals surface area (Å²) in [5, 5.41) is 12.9. The van der Waals surface area contributed by atoms with Crippen molar-refractivity contribution in [3.8, 4) is 0 Å². The second-order valence-corrected chi connectivity index (χ2v) is 8.40. The molecule has 2 spiro atoms. The van der Waals surface area contributed by atoms with Crippen molar-refractivity contribution in [1.82, 2.24) is 20.7 Å². The molecule has 2 N–H and O–H groups in total. The third kappa shape index (κ3) is 3.08. The van der Waals surface area contributed by atoms with E-state index < -0.39 is 0 Å². The smallest absolute Gasteiger partial charge is 0.0323 e. The topological polar surface area (TPSA) is 30.5 Å². The van der Waals surface area contributed by atoms with Crippen LogP contribution in [0.2, 0.25) is 0 Å². The van der Waals surface area contributed by atoms with E-state index in [1.165, 1.54) is 104 Å². The number of hydrogen-bond acceptors (Lipinski definition) is 4. The molecule has 22 heavy (non-hydrogen) atoms. The number of hydrazine groups is 1. The maximum atomic E-state index is 3.90. The molecule has 4 nitrogen and oxygen atoms in total. The van der Waals surface area contributed by atoms with Crippen LogP contribution in [0.15, 0.2) is 0 Å². The zero-order valence-electron chi connectivity index (χ0n) is 14.2. The molecule has 0 bridgehead atoms. The van der Waals surface area contributed by atoms with E-state index in [-0.39, 0.29) is 0 Å². The molecule has 1 unspecified atom stereocenters. The number of nitrogens with zero attached hydrogens (tertiary/aromatic N) is 2. The summed E-state index contributed by atoms with van der Waals surface area (Å²) in [5.74, 6) is 0. The van der Waals surface area contributed by atoms with Crippen LogP contribution in [-0.2, 0) is 0 Å². The monoisotopic (exact) mass is 306 g/mol. The van der Waals surface area contributed by atoms with Crippen LogP contribution in [0.5, 0.6) is 0 Å². The van der Waals surface area contributed by atoms with Crippen molar-refractivity contribution in [2.75, 3.05) is 45.8 Å². The maximum Gasteiger partial charge on any atom is 0.0323 e. The molecule has 0 aliphatic carbocycles. The van der Waals surface area contributed by atoms with Crippen molar-refractivity contribution in [3.63, 3.8) is 0 Å². The normalized spacial score (nSPS) is 37.6. The molecular formula is C18H34N4. The van der Waals surface area contributed by atoms with E-state index >= 15 is 0 Å². The van der Waals surface area contributed by atoms with Crippen LogP contribution in [0.4, 0.5) is 0 Å². The van der Waals surface area contributed by atoms with Gasteiger partial charge < -0.3 is 10.6 Å². The molecule has 4 saturated heterocycles. The highest BCUT2D eigenvalue weighted by Gasteiger charge is 2.42. The number of rotatable bonds is 1. The molecule has 0 amide bonds. The van der Waals surface area contributed by atoms with Gasteiger partial charge in [0.1, 0.15) is 0 Å². The highest BCUT2D eigenvalue weighted by molar-refractivity contribution is 4.97. The maximum absolute atomic E-state index is 3.90. The summed E-state index contributed by atoms with van der Waals surface area (Å²) in [7, 11) is 0. The van der Waals surface area contributed by atoms with Gasteiger partial charge in [-0.3, -0.25) is 0 Å². The first-order valence-corrected chi connectivity index (χ1v) is 9.75. The first-order valence-electron chi connectivity index (χ1n) is 9.75. The number of piperidine rings is 4. The van der Waals surface area contributed by atoms with Gasteiger partial charge in [0.25, 0.3) is 0 Å². The molecule has 4 heteroatoms. The third-order valence-corrected chi connectivity index (χ3v) is 6.84. The minimum Gasteiger partial charge on any atom is -0.317 e. The Kier molecular flexibility index (Phi) is 4.46. The SMILES string of the molecule is C1CCC2(CCCN(N3CCCC4(CCNCC4)C3)C2)NC1. The summed E-state index contributed by atoms with van der Waals surface area (Å²) in [5.41, 5.74) is 1.06. The zero-order valence-corrected chi connectivity index (χ0v) is 14.2. The molecule has 4 heterocycles. The molecule has 0 aromatic heterocycles. The van der Waals surface area contributed by atoms with E-state index in [2.05, 4.69) is 20.7 Å². The second kappa shape index (κ2) is 6.39. The van der Waals surface area contributed by atoms with E-state index in [0.29, 0.717) is 11.0 Å². The Morgan fingerprint density at radius 2 is 1.36 bits per heavy atom. The molecule has 4 aliphatic heterocycles.